The minimum absolute atomic E-state index is 0.348. The van der Waals surface area contributed by atoms with Gasteiger partial charge in [0, 0.05) is 52.9 Å². The molecule has 1 atom stereocenters. The predicted octanol–water partition coefficient (Wildman–Crippen LogP) is 2.07. The van der Waals surface area contributed by atoms with Crippen LogP contribution in [0, 0.1) is 0 Å². The fourth-order valence-corrected chi connectivity index (χ4v) is 3.39. The van der Waals surface area contributed by atoms with Crippen LogP contribution < -0.4 is 5.32 Å². The summed E-state index contributed by atoms with van der Waals surface area (Å²) in [6, 6.07) is 10.5. The highest BCUT2D eigenvalue weighted by Crippen LogP contribution is 2.11. The fraction of sp³-hybridized carbons (Fsp3) is 0.550. The van der Waals surface area contributed by atoms with Crippen molar-refractivity contribution in [1.29, 1.82) is 0 Å². The summed E-state index contributed by atoms with van der Waals surface area (Å²) < 4.78 is 5.68. The molecule has 1 N–H and O–H groups in total. The van der Waals surface area contributed by atoms with Crippen LogP contribution in [0.5, 0.6) is 0 Å². The number of nitrogens with zero attached hydrogens (tertiary/aromatic N) is 3. The summed E-state index contributed by atoms with van der Waals surface area (Å²) in [5.41, 5.74) is 1.26. The molecular formula is C20H30N4O. The van der Waals surface area contributed by atoms with Crippen molar-refractivity contribution >= 4 is 12.0 Å². The molecule has 2 heterocycles. The number of rotatable bonds is 5. The van der Waals surface area contributed by atoms with E-state index >= 15 is 0 Å². The predicted molar refractivity (Wildman–Crippen MR) is 104 cm³/mol. The molecule has 2 aliphatic rings. The lowest BCUT2D eigenvalue weighted by Gasteiger charge is -2.36. The van der Waals surface area contributed by atoms with Crippen molar-refractivity contribution in [3.8, 4) is 0 Å². The molecule has 3 rings (SSSR count). The van der Waals surface area contributed by atoms with Crippen molar-refractivity contribution in [1.82, 2.24) is 15.1 Å². The third kappa shape index (κ3) is 5.58. The number of nitrogens with one attached hydrogen (secondary N) is 1. The van der Waals surface area contributed by atoms with E-state index in [9.17, 15) is 0 Å². The Bertz CT molecular complexity index is 558. The Kier molecular flexibility index (Phi) is 6.89. The van der Waals surface area contributed by atoms with Gasteiger partial charge in [0.05, 0.1) is 6.10 Å². The molecule has 2 fully saturated rings. The lowest BCUT2D eigenvalue weighted by atomic mass is 10.2. The van der Waals surface area contributed by atoms with Gasteiger partial charge in [0.1, 0.15) is 0 Å². The zero-order valence-electron chi connectivity index (χ0n) is 15.2. The highest BCUT2D eigenvalue weighted by atomic mass is 16.5. The maximum atomic E-state index is 5.68. The number of benzene rings is 1. The van der Waals surface area contributed by atoms with Crippen molar-refractivity contribution in [3.05, 3.63) is 42.0 Å². The van der Waals surface area contributed by atoms with Gasteiger partial charge in [-0.1, -0.05) is 42.5 Å². The summed E-state index contributed by atoms with van der Waals surface area (Å²) in [4.78, 5) is 9.29. The standard InChI is InChI=1S/C20H30N4O/c1-21-20(22-17-19-10-6-16-25-19)24-14-12-23(13-15-24)11-5-9-18-7-3-2-4-8-18/h2-5,7-9,19H,6,10-17H2,1H3,(H,21,22). The highest BCUT2D eigenvalue weighted by molar-refractivity contribution is 5.80. The second kappa shape index (κ2) is 9.59. The average molecular weight is 342 g/mol. The molecule has 1 aromatic carbocycles. The van der Waals surface area contributed by atoms with E-state index < -0.39 is 0 Å². The van der Waals surface area contributed by atoms with E-state index in [0.29, 0.717) is 6.10 Å². The van der Waals surface area contributed by atoms with E-state index in [1.807, 2.05) is 7.05 Å². The second-order valence-electron chi connectivity index (χ2n) is 6.66. The topological polar surface area (TPSA) is 40.1 Å². The molecule has 2 aliphatic heterocycles. The molecular weight excluding hydrogens is 312 g/mol. The summed E-state index contributed by atoms with van der Waals surface area (Å²) in [6.45, 7) is 6.95. The minimum Gasteiger partial charge on any atom is -0.376 e. The van der Waals surface area contributed by atoms with Gasteiger partial charge in [-0.2, -0.15) is 0 Å². The Morgan fingerprint density at radius 1 is 1.24 bits per heavy atom. The van der Waals surface area contributed by atoms with Gasteiger partial charge in [-0.25, -0.2) is 0 Å². The van der Waals surface area contributed by atoms with Gasteiger partial charge in [-0.05, 0) is 18.4 Å². The van der Waals surface area contributed by atoms with Gasteiger partial charge < -0.3 is 15.0 Å². The largest absolute Gasteiger partial charge is 0.376 e. The van der Waals surface area contributed by atoms with E-state index in [1.165, 1.54) is 12.0 Å². The van der Waals surface area contributed by atoms with E-state index in [-0.39, 0.29) is 0 Å². The van der Waals surface area contributed by atoms with E-state index in [1.54, 1.807) is 0 Å². The molecule has 136 valence electrons. The Hall–Kier alpha value is -1.85. The molecule has 0 bridgehead atoms. The number of hydrogen-bond acceptors (Lipinski definition) is 3. The normalized spacial score (nSPS) is 22.7. The molecule has 0 radical (unpaired) electrons. The van der Waals surface area contributed by atoms with Crippen molar-refractivity contribution in [2.45, 2.75) is 18.9 Å². The fourth-order valence-electron chi connectivity index (χ4n) is 3.39. The number of aliphatic imine (C=N–C) groups is 1. The van der Waals surface area contributed by atoms with Gasteiger partial charge in [-0.15, -0.1) is 0 Å². The zero-order chi connectivity index (χ0) is 17.3. The summed E-state index contributed by atoms with van der Waals surface area (Å²) in [5.74, 6) is 1.01. The molecule has 0 aromatic heterocycles. The molecule has 5 heteroatoms. The Morgan fingerprint density at radius 2 is 2.04 bits per heavy atom. The lowest BCUT2D eigenvalue weighted by Crippen LogP contribution is -2.53. The van der Waals surface area contributed by atoms with E-state index in [4.69, 9.17) is 4.74 Å². The van der Waals surface area contributed by atoms with Gasteiger partial charge >= 0.3 is 0 Å². The maximum absolute atomic E-state index is 5.68. The molecule has 25 heavy (non-hydrogen) atoms. The number of guanidine groups is 1. The van der Waals surface area contributed by atoms with Gasteiger partial charge in [0.2, 0.25) is 0 Å². The average Bonchev–Trinajstić information content (AvgIpc) is 3.18. The van der Waals surface area contributed by atoms with Crippen molar-refractivity contribution < 1.29 is 4.74 Å². The maximum Gasteiger partial charge on any atom is 0.193 e. The van der Waals surface area contributed by atoms with Crippen LogP contribution in [0.15, 0.2) is 41.4 Å². The highest BCUT2D eigenvalue weighted by Gasteiger charge is 2.21. The smallest absolute Gasteiger partial charge is 0.193 e. The zero-order valence-corrected chi connectivity index (χ0v) is 15.2. The molecule has 2 saturated heterocycles. The third-order valence-corrected chi connectivity index (χ3v) is 4.87. The van der Waals surface area contributed by atoms with Crippen LogP contribution in [-0.2, 0) is 4.74 Å². The number of hydrogen-bond donors (Lipinski definition) is 1. The number of ether oxygens (including phenoxy) is 1. The van der Waals surface area contributed by atoms with Crippen LogP contribution in [0.1, 0.15) is 18.4 Å². The van der Waals surface area contributed by atoms with E-state index in [0.717, 1.165) is 58.3 Å². The molecule has 0 amide bonds. The Balaban J connectivity index is 1.39. The lowest BCUT2D eigenvalue weighted by molar-refractivity contribution is 0.112. The second-order valence-corrected chi connectivity index (χ2v) is 6.66. The summed E-state index contributed by atoms with van der Waals surface area (Å²) >= 11 is 0. The van der Waals surface area contributed by atoms with Crippen LogP contribution in [0.4, 0.5) is 0 Å². The Labute approximate surface area is 151 Å². The van der Waals surface area contributed by atoms with Crippen molar-refractivity contribution in [3.63, 3.8) is 0 Å². The summed E-state index contributed by atoms with van der Waals surface area (Å²) in [5, 5.41) is 3.48. The monoisotopic (exact) mass is 342 g/mol. The van der Waals surface area contributed by atoms with Gasteiger partial charge in [0.15, 0.2) is 5.96 Å². The van der Waals surface area contributed by atoms with Crippen molar-refractivity contribution in [2.24, 2.45) is 4.99 Å². The molecule has 0 aliphatic carbocycles. The summed E-state index contributed by atoms with van der Waals surface area (Å²) in [6.07, 6.45) is 7.15. The first kappa shape index (κ1) is 18.0. The van der Waals surface area contributed by atoms with Crippen molar-refractivity contribution in [2.75, 3.05) is 52.9 Å². The van der Waals surface area contributed by atoms with Crippen LogP contribution in [0.2, 0.25) is 0 Å². The van der Waals surface area contributed by atoms with Gasteiger partial charge in [-0.3, -0.25) is 9.89 Å². The van der Waals surface area contributed by atoms with Gasteiger partial charge in [0.25, 0.3) is 0 Å². The first-order valence-electron chi connectivity index (χ1n) is 9.36. The third-order valence-electron chi connectivity index (χ3n) is 4.87. The molecule has 5 nitrogen and oxygen atoms in total. The minimum atomic E-state index is 0.348. The van der Waals surface area contributed by atoms with Crippen LogP contribution in [0.25, 0.3) is 6.08 Å². The molecule has 1 aromatic rings. The quantitative estimate of drug-likeness (QED) is 0.657. The number of piperazine rings is 1. The first-order valence-corrected chi connectivity index (χ1v) is 9.36. The summed E-state index contributed by atoms with van der Waals surface area (Å²) in [7, 11) is 1.87. The SMILES string of the molecule is CN=C(NCC1CCCO1)N1CCN(CC=Cc2ccccc2)CC1. The Morgan fingerprint density at radius 3 is 2.72 bits per heavy atom. The van der Waals surface area contributed by atoms with Crippen LogP contribution >= 0.6 is 0 Å². The van der Waals surface area contributed by atoms with Crippen LogP contribution in [0.3, 0.4) is 0 Å². The van der Waals surface area contributed by atoms with Crippen LogP contribution in [-0.4, -0.2) is 74.8 Å². The molecule has 0 saturated carbocycles. The first-order chi connectivity index (χ1) is 12.3. The van der Waals surface area contributed by atoms with E-state index in [2.05, 4.69) is 62.6 Å². The molecule has 0 spiro atoms. The molecule has 1 unspecified atom stereocenters.